The Bertz CT molecular complexity index is 843. The van der Waals surface area contributed by atoms with Crippen LogP contribution < -0.4 is 10.6 Å². The molecule has 0 fully saturated rings. The van der Waals surface area contributed by atoms with Gasteiger partial charge in [-0.15, -0.1) is 24.0 Å². The average Bonchev–Trinajstić information content (AvgIpc) is 3.34. The lowest BCUT2D eigenvalue weighted by molar-refractivity contribution is 0.497. The van der Waals surface area contributed by atoms with Crippen LogP contribution in [0.5, 0.6) is 0 Å². The molecule has 144 valence electrons. The summed E-state index contributed by atoms with van der Waals surface area (Å²) in [6.07, 6.45) is 1.76. The number of halogens is 1. The summed E-state index contributed by atoms with van der Waals surface area (Å²) in [7, 11) is 1.76. The second-order valence-electron chi connectivity index (χ2n) is 6.25. The largest absolute Gasteiger partial charge is 0.439 e. The predicted molar refractivity (Wildman–Crippen MR) is 123 cm³/mol. The zero-order chi connectivity index (χ0) is 18.4. The highest BCUT2D eigenvalue weighted by Crippen LogP contribution is 2.20. The molecule has 27 heavy (non-hydrogen) atoms. The molecule has 5 nitrogen and oxygen atoms in total. The summed E-state index contributed by atoms with van der Waals surface area (Å²) in [5, 5.41) is 10.9. The van der Waals surface area contributed by atoms with Crippen molar-refractivity contribution < 1.29 is 4.42 Å². The van der Waals surface area contributed by atoms with Crippen LogP contribution in [0.25, 0.3) is 11.3 Å². The van der Waals surface area contributed by atoms with Gasteiger partial charge in [-0.3, -0.25) is 4.99 Å². The Kier molecular flexibility index (Phi) is 8.30. The van der Waals surface area contributed by atoms with E-state index in [-0.39, 0.29) is 24.0 Å². The number of hydrogen-bond donors (Lipinski definition) is 2. The molecule has 2 heterocycles. The van der Waals surface area contributed by atoms with Gasteiger partial charge in [0.15, 0.2) is 11.7 Å². The monoisotopic (exact) mass is 496 g/mol. The summed E-state index contributed by atoms with van der Waals surface area (Å²) in [5.74, 6) is 2.57. The lowest BCUT2D eigenvalue weighted by atomic mass is 10.1. The lowest BCUT2D eigenvalue weighted by Crippen LogP contribution is -2.38. The Labute approximate surface area is 181 Å². The minimum absolute atomic E-state index is 0. The van der Waals surface area contributed by atoms with E-state index in [1.165, 1.54) is 11.1 Å². The van der Waals surface area contributed by atoms with Gasteiger partial charge in [0, 0.05) is 19.2 Å². The number of benzene rings is 1. The molecule has 0 aliphatic rings. The number of thiophene rings is 1. The first-order chi connectivity index (χ1) is 12.7. The molecular formula is C20H25IN4OS. The number of hydrogen-bond acceptors (Lipinski definition) is 4. The minimum Gasteiger partial charge on any atom is -0.439 e. The van der Waals surface area contributed by atoms with Crippen LogP contribution in [0.15, 0.2) is 56.7 Å². The number of rotatable bonds is 6. The van der Waals surface area contributed by atoms with Gasteiger partial charge >= 0.3 is 0 Å². The maximum atomic E-state index is 5.83. The Hall–Kier alpha value is -1.87. The third-order valence-electron chi connectivity index (χ3n) is 4.21. The Morgan fingerprint density at radius 1 is 1.22 bits per heavy atom. The molecule has 0 aliphatic carbocycles. The molecule has 0 amide bonds. The van der Waals surface area contributed by atoms with Crippen molar-refractivity contribution in [3.05, 3.63) is 64.3 Å². The van der Waals surface area contributed by atoms with Crippen LogP contribution in [-0.2, 0) is 6.54 Å². The van der Waals surface area contributed by atoms with Gasteiger partial charge in [-0.2, -0.15) is 11.3 Å². The highest BCUT2D eigenvalue weighted by atomic mass is 127. The lowest BCUT2D eigenvalue weighted by Gasteiger charge is -2.14. The first-order valence-electron chi connectivity index (χ1n) is 8.64. The van der Waals surface area contributed by atoms with Crippen LogP contribution in [0.3, 0.4) is 0 Å². The zero-order valence-electron chi connectivity index (χ0n) is 15.7. The number of oxazole rings is 1. The van der Waals surface area contributed by atoms with Crippen molar-refractivity contribution in [3.63, 3.8) is 0 Å². The van der Waals surface area contributed by atoms with Crippen LogP contribution in [0.2, 0.25) is 0 Å². The van der Waals surface area contributed by atoms with Crippen molar-refractivity contribution in [2.75, 3.05) is 13.6 Å². The van der Waals surface area contributed by atoms with Gasteiger partial charge in [-0.1, -0.05) is 36.8 Å². The van der Waals surface area contributed by atoms with Crippen molar-refractivity contribution >= 4 is 41.3 Å². The standard InChI is InChI=1S/C20H24N4OS.HI/c1-14-4-6-16(7-5-14)18-11-22-19(25-18)12-24-20(21-3)23-10-15(2)17-8-9-26-13-17;/h4-9,11,13,15H,10,12H2,1-3H3,(H2,21,23,24);1H. The molecule has 1 atom stereocenters. The molecule has 3 aromatic rings. The summed E-state index contributed by atoms with van der Waals surface area (Å²) < 4.78 is 5.83. The number of guanidine groups is 1. The summed E-state index contributed by atoms with van der Waals surface area (Å²) in [5.41, 5.74) is 3.59. The topological polar surface area (TPSA) is 62.5 Å². The maximum absolute atomic E-state index is 5.83. The van der Waals surface area contributed by atoms with Crippen LogP contribution >= 0.6 is 35.3 Å². The number of aryl methyl sites for hydroxylation is 1. The van der Waals surface area contributed by atoms with E-state index >= 15 is 0 Å². The summed E-state index contributed by atoms with van der Waals surface area (Å²) in [6, 6.07) is 10.4. The molecule has 7 heteroatoms. The van der Waals surface area contributed by atoms with Gasteiger partial charge in [0.05, 0.1) is 12.7 Å². The first kappa shape index (κ1) is 21.4. The van der Waals surface area contributed by atoms with E-state index < -0.39 is 0 Å². The molecule has 0 aliphatic heterocycles. The van der Waals surface area contributed by atoms with Gasteiger partial charge in [0.1, 0.15) is 0 Å². The van der Waals surface area contributed by atoms with E-state index in [2.05, 4.69) is 63.4 Å². The quantitative estimate of drug-likeness (QED) is 0.293. The number of aromatic nitrogens is 1. The number of nitrogens with zero attached hydrogens (tertiary/aromatic N) is 2. The van der Waals surface area contributed by atoms with Gasteiger partial charge in [-0.25, -0.2) is 4.98 Å². The van der Waals surface area contributed by atoms with Gasteiger partial charge in [0.2, 0.25) is 5.89 Å². The van der Waals surface area contributed by atoms with Crippen molar-refractivity contribution in [2.24, 2.45) is 4.99 Å². The number of aliphatic imine (C=N–C) groups is 1. The predicted octanol–water partition coefficient (Wildman–Crippen LogP) is 4.80. The fourth-order valence-electron chi connectivity index (χ4n) is 2.55. The van der Waals surface area contributed by atoms with E-state index in [0.29, 0.717) is 18.4 Å². The first-order valence-corrected chi connectivity index (χ1v) is 9.58. The minimum atomic E-state index is 0. The van der Waals surface area contributed by atoms with Gasteiger partial charge in [-0.05, 0) is 35.2 Å². The van der Waals surface area contributed by atoms with Crippen molar-refractivity contribution in [2.45, 2.75) is 26.3 Å². The molecule has 2 aromatic heterocycles. The van der Waals surface area contributed by atoms with Crippen molar-refractivity contribution in [3.8, 4) is 11.3 Å². The fourth-order valence-corrected chi connectivity index (χ4v) is 3.33. The Morgan fingerprint density at radius 3 is 2.67 bits per heavy atom. The second-order valence-corrected chi connectivity index (χ2v) is 7.03. The van der Waals surface area contributed by atoms with E-state index in [1.807, 2.05) is 12.1 Å². The smallest absolute Gasteiger partial charge is 0.214 e. The maximum Gasteiger partial charge on any atom is 0.214 e. The molecule has 0 saturated heterocycles. The average molecular weight is 496 g/mol. The second kappa shape index (κ2) is 10.5. The molecule has 0 spiro atoms. The molecule has 0 bridgehead atoms. The van der Waals surface area contributed by atoms with E-state index in [1.54, 1.807) is 24.6 Å². The number of nitrogens with one attached hydrogen (secondary N) is 2. The van der Waals surface area contributed by atoms with Crippen LogP contribution in [0.4, 0.5) is 0 Å². The van der Waals surface area contributed by atoms with Crippen molar-refractivity contribution in [1.82, 2.24) is 15.6 Å². The third kappa shape index (κ3) is 6.07. The highest BCUT2D eigenvalue weighted by Gasteiger charge is 2.09. The van der Waals surface area contributed by atoms with Crippen LogP contribution in [0.1, 0.15) is 29.9 Å². The normalized spacial score (nSPS) is 12.3. The highest BCUT2D eigenvalue weighted by molar-refractivity contribution is 14.0. The molecule has 1 unspecified atom stereocenters. The molecule has 1 aromatic carbocycles. The molecule has 0 radical (unpaired) electrons. The van der Waals surface area contributed by atoms with Crippen molar-refractivity contribution in [1.29, 1.82) is 0 Å². The Morgan fingerprint density at radius 2 is 2.00 bits per heavy atom. The van der Waals surface area contributed by atoms with E-state index in [9.17, 15) is 0 Å². The van der Waals surface area contributed by atoms with E-state index in [4.69, 9.17) is 4.42 Å². The molecular weight excluding hydrogens is 471 g/mol. The third-order valence-corrected chi connectivity index (χ3v) is 4.91. The summed E-state index contributed by atoms with van der Waals surface area (Å²) in [6.45, 7) is 5.57. The molecule has 2 N–H and O–H groups in total. The SMILES string of the molecule is CN=C(NCc1ncc(-c2ccc(C)cc2)o1)NCC(C)c1ccsc1.I. The summed E-state index contributed by atoms with van der Waals surface area (Å²) in [4.78, 5) is 8.61. The fraction of sp³-hybridized carbons (Fsp3) is 0.300. The van der Waals surface area contributed by atoms with Gasteiger partial charge < -0.3 is 15.1 Å². The Balaban J connectivity index is 0.00000261. The van der Waals surface area contributed by atoms with Crippen LogP contribution in [-0.4, -0.2) is 24.5 Å². The molecule has 3 rings (SSSR count). The summed E-state index contributed by atoms with van der Waals surface area (Å²) >= 11 is 1.72. The molecule has 0 saturated carbocycles. The van der Waals surface area contributed by atoms with Crippen LogP contribution in [0, 0.1) is 6.92 Å². The van der Waals surface area contributed by atoms with E-state index in [0.717, 1.165) is 23.8 Å². The van der Waals surface area contributed by atoms with Gasteiger partial charge in [0.25, 0.3) is 0 Å². The zero-order valence-corrected chi connectivity index (χ0v) is 18.9.